The van der Waals surface area contributed by atoms with Crippen molar-refractivity contribution in [2.24, 2.45) is 5.92 Å². The molecule has 0 radical (unpaired) electrons. The van der Waals surface area contributed by atoms with Crippen LogP contribution in [0.25, 0.3) is 0 Å². The fraction of sp³-hybridized carbons (Fsp3) is 0.609. The molecule has 1 saturated carbocycles. The molecule has 1 amide bonds. The van der Waals surface area contributed by atoms with Crippen LogP contribution in [0.2, 0.25) is 0 Å². The van der Waals surface area contributed by atoms with Crippen LogP contribution in [0.1, 0.15) is 66.5 Å². The van der Waals surface area contributed by atoms with E-state index in [1.807, 2.05) is 0 Å². The summed E-state index contributed by atoms with van der Waals surface area (Å²) in [5, 5.41) is 4.13. The maximum Gasteiger partial charge on any atom is 0.253 e. The van der Waals surface area contributed by atoms with Gasteiger partial charge in [0.2, 0.25) is 5.89 Å². The summed E-state index contributed by atoms with van der Waals surface area (Å²) in [6, 6.07) is 4.36. The van der Waals surface area contributed by atoms with Crippen LogP contribution in [0.15, 0.2) is 22.7 Å². The van der Waals surface area contributed by atoms with Crippen LogP contribution >= 0.6 is 0 Å². The van der Waals surface area contributed by atoms with Crippen molar-refractivity contribution in [3.05, 3.63) is 41.3 Å². The zero-order chi connectivity index (χ0) is 21.4. The predicted octanol–water partition coefficient (Wildman–Crippen LogP) is 3.74. The number of piperidine rings is 1. The SMILES string of the molecule is COc1ccc(C(=O)N2CCC3(CC2)CC(Cc2nc(C4CC4)no2)CCO3)cc1F. The van der Waals surface area contributed by atoms with Crippen molar-refractivity contribution in [1.82, 2.24) is 15.0 Å². The Morgan fingerprint density at radius 3 is 2.81 bits per heavy atom. The fourth-order valence-electron chi connectivity index (χ4n) is 4.86. The third-order valence-corrected chi connectivity index (χ3v) is 6.85. The van der Waals surface area contributed by atoms with E-state index in [1.54, 1.807) is 11.0 Å². The Kier molecular flexibility index (Phi) is 5.42. The van der Waals surface area contributed by atoms with E-state index >= 15 is 0 Å². The van der Waals surface area contributed by atoms with Crippen molar-refractivity contribution >= 4 is 5.91 Å². The molecule has 1 spiro atoms. The van der Waals surface area contributed by atoms with Crippen LogP contribution < -0.4 is 4.74 Å². The number of ether oxygens (including phenoxy) is 2. The third kappa shape index (κ3) is 4.31. The minimum Gasteiger partial charge on any atom is -0.494 e. The van der Waals surface area contributed by atoms with E-state index in [-0.39, 0.29) is 17.3 Å². The predicted molar refractivity (Wildman–Crippen MR) is 109 cm³/mol. The van der Waals surface area contributed by atoms with Crippen LogP contribution in [-0.4, -0.2) is 53.4 Å². The Balaban J connectivity index is 1.18. The Labute approximate surface area is 180 Å². The van der Waals surface area contributed by atoms with E-state index in [2.05, 4.69) is 10.1 Å². The summed E-state index contributed by atoms with van der Waals surface area (Å²) in [5.74, 6) is 2.00. The lowest BCUT2D eigenvalue weighted by Gasteiger charge is -2.46. The molecule has 0 N–H and O–H groups in total. The van der Waals surface area contributed by atoms with Crippen LogP contribution in [0.3, 0.4) is 0 Å². The highest BCUT2D eigenvalue weighted by atomic mass is 19.1. The molecule has 2 aliphatic heterocycles. The Morgan fingerprint density at radius 1 is 1.29 bits per heavy atom. The van der Waals surface area contributed by atoms with E-state index in [4.69, 9.17) is 14.0 Å². The smallest absolute Gasteiger partial charge is 0.253 e. The number of aromatic nitrogens is 2. The molecule has 3 heterocycles. The number of methoxy groups -OCH3 is 1. The third-order valence-electron chi connectivity index (χ3n) is 6.85. The maximum absolute atomic E-state index is 14.0. The van der Waals surface area contributed by atoms with E-state index in [1.165, 1.54) is 19.2 Å². The van der Waals surface area contributed by atoms with Gasteiger partial charge in [-0.05, 0) is 62.6 Å². The highest BCUT2D eigenvalue weighted by molar-refractivity contribution is 5.94. The summed E-state index contributed by atoms with van der Waals surface area (Å²) < 4.78 is 30.6. The van der Waals surface area contributed by atoms with Crippen LogP contribution in [-0.2, 0) is 11.2 Å². The monoisotopic (exact) mass is 429 g/mol. The van der Waals surface area contributed by atoms with E-state index in [9.17, 15) is 9.18 Å². The van der Waals surface area contributed by atoms with Crippen molar-refractivity contribution in [2.75, 3.05) is 26.8 Å². The van der Waals surface area contributed by atoms with Gasteiger partial charge < -0.3 is 18.9 Å². The molecule has 1 atom stereocenters. The molecule has 31 heavy (non-hydrogen) atoms. The van der Waals surface area contributed by atoms with Gasteiger partial charge in [0.25, 0.3) is 5.91 Å². The number of amides is 1. The van der Waals surface area contributed by atoms with Gasteiger partial charge in [-0.1, -0.05) is 5.16 Å². The van der Waals surface area contributed by atoms with Gasteiger partial charge in [0.05, 0.1) is 12.7 Å². The average molecular weight is 429 g/mol. The zero-order valence-corrected chi connectivity index (χ0v) is 17.8. The number of rotatable bonds is 5. The van der Waals surface area contributed by atoms with Crippen molar-refractivity contribution in [3.63, 3.8) is 0 Å². The van der Waals surface area contributed by atoms with Gasteiger partial charge in [-0.15, -0.1) is 0 Å². The molecule has 1 unspecified atom stereocenters. The molecule has 5 rings (SSSR count). The second-order valence-corrected chi connectivity index (χ2v) is 9.06. The largest absolute Gasteiger partial charge is 0.494 e. The molecule has 7 nitrogen and oxygen atoms in total. The van der Waals surface area contributed by atoms with Crippen LogP contribution in [0, 0.1) is 11.7 Å². The number of hydrogen-bond acceptors (Lipinski definition) is 6. The molecule has 0 bridgehead atoms. The van der Waals surface area contributed by atoms with Crippen molar-refractivity contribution in [1.29, 1.82) is 0 Å². The van der Waals surface area contributed by atoms with Crippen molar-refractivity contribution < 1.29 is 23.2 Å². The number of benzene rings is 1. The van der Waals surface area contributed by atoms with E-state index in [0.29, 0.717) is 37.1 Å². The van der Waals surface area contributed by atoms with Gasteiger partial charge in [0.15, 0.2) is 17.4 Å². The number of carbonyl (C=O) groups is 1. The number of halogens is 1. The summed E-state index contributed by atoms with van der Waals surface area (Å²) in [7, 11) is 1.41. The first-order valence-corrected chi connectivity index (χ1v) is 11.1. The molecule has 2 aromatic rings. The highest BCUT2D eigenvalue weighted by Gasteiger charge is 2.41. The summed E-state index contributed by atoms with van der Waals surface area (Å²) in [4.78, 5) is 19.2. The van der Waals surface area contributed by atoms with E-state index < -0.39 is 5.82 Å². The van der Waals surface area contributed by atoms with E-state index in [0.717, 1.165) is 56.7 Å². The molecule has 1 aliphatic carbocycles. The van der Waals surface area contributed by atoms with Crippen LogP contribution in [0.4, 0.5) is 4.39 Å². The Hall–Kier alpha value is -2.48. The second kappa shape index (κ2) is 8.22. The first-order chi connectivity index (χ1) is 15.0. The second-order valence-electron chi connectivity index (χ2n) is 9.06. The van der Waals surface area contributed by atoms with Crippen molar-refractivity contribution in [3.8, 4) is 5.75 Å². The first kappa shape index (κ1) is 20.4. The normalized spacial score (nSPS) is 23.2. The molecule has 2 saturated heterocycles. The van der Waals surface area contributed by atoms with Gasteiger partial charge in [0, 0.05) is 37.6 Å². The lowest BCUT2D eigenvalue weighted by Crippen LogP contribution is -2.51. The molecule has 1 aromatic carbocycles. The molecule has 1 aromatic heterocycles. The molecule has 166 valence electrons. The van der Waals surface area contributed by atoms with Gasteiger partial charge in [-0.2, -0.15) is 4.98 Å². The zero-order valence-electron chi connectivity index (χ0n) is 17.8. The Bertz CT molecular complexity index is 950. The summed E-state index contributed by atoms with van der Waals surface area (Å²) in [5.41, 5.74) is 0.143. The average Bonchev–Trinajstić information content (AvgIpc) is 3.53. The number of likely N-dealkylation sites (tertiary alicyclic amines) is 1. The van der Waals surface area contributed by atoms with Gasteiger partial charge in [-0.25, -0.2) is 4.39 Å². The van der Waals surface area contributed by atoms with Crippen molar-refractivity contribution in [2.45, 2.75) is 56.5 Å². The number of carbonyl (C=O) groups excluding carboxylic acids is 1. The fourth-order valence-corrected chi connectivity index (χ4v) is 4.86. The lowest BCUT2D eigenvalue weighted by molar-refractivity contribution is -0.124. The summed E-state index contributed by atoms with van der Waals surface area (Å²) in [6.45, 7) is 1.92. The Morgan fingerprint density at radius 2 is 2.10 bits per heavy atom. The minimum atomic E-state index is -0.522. The molecule has 3 aliphatic rings. The lowest BCUT2D eigenvalue weighted by atomic mass is 9.78. The van der Waals surface area contributed by atoms with Gasteiger partial charge >= 0.3 is 0 Å². The number of nitrogens with zero attached hydrogens (tertiary/aromatic N) is 3. The quantitative estimate of drug-likeness (QED) is 0.721. The molecule has 3 fully saturated rings. The highest BCUT2D eigenvalue weighted by Crippen LogP contribution is 2.40. The standard InChI is InChI=1S/C23H28FN3O4/c1-29-19-5-4-17(13-18(19)24)22(28)27-9-7-23(8-10-27)14-15(6-11-30-23)12-20-25-21(26-31-20)16-2-3-16/h4-5,13,15-16H,2-3,6-12,14H2,1H3. The molecule has 8 heteroatoms. The van der Waals surface area contributed by atoms with Gasteiger partial charge in [0.1, 0.15) is 0 Å². The van der Waals surface area contributed by atoms with Gasteiger partial charge in [-0.3, -0.25) is 4.79 Å². The summed E-state index contributed by atoms with van der Waals surface area (Å²) >= 11 is 0. The topological polar surface area (TPSA) is 77.7 Å². The van der Waals surface area contributed by atoms with Crippen LogP contribution in [0.5, 0.6) is 5.75 Å². The summed E-state index contributed by atoms with van der Waals surface area (Å²) in [6.07, 6.45) is 6.61. The minimum absolute atomic E-state index is 0.140. The first-order valence-electron chi connectivity index (χ1n) is 11.1. The maximum atomic E-state index is 14.0. The number of hydrogen-bond donors (Lipinski definition) is 0. The molecular weight excluding hydrogens is 401 g/mol. The molecular formula is C23H28FN3O4.